The molecule has 1 N–H and O–H groups in total. The van der Waals surface area contributed by atoms with Gasteiger partial charge < -0.3 is 14.5 Å². The maximum absolute atomic E-state index is 12.8. The minimum atomic E-state index is -0.696. The minimum absolute atomic E-state index is 0.0166. The number of nitrogens with one attached hydrogen (secondary N) is 1. The van der Waals surface area contributed by atoms with Crippen LogP contribution in [0.3, 0.4) is 0 Å². The van der Waals surface area contributed by atoms with Gasteiger partial charge in [-0.1, -0.05) is 23.2 Å². The first-order valence-corrected chi connectivity index (χ1v) is 10.9. The van der Waals surface area contributed by atoms with Crippen LogP contribution < -0.4 is 15.5 Å². The van der Waals surface area contributed by atoms with Crippen LogP contribution in [0.4, 0.5) is 10.5 Å². The van der Waals surface area contributed by atoms with Crippen LogP contribution in [0.15, 0.2) is 56.8 Å². The highest BCUT2D eigenvalue weighted by Gasteiger charge is 2.36. The fourth-order valence-electron chi connectivity index (χ4n) is 3.08. The van der Waals surface area contributed by atoms with E-state index < -0.39 is 29.0 Å². The summed E-state index contributed by atoms with van der Waals surface area (Å²) < 4.78 is 10.5. The number of rotatable bonds is 5. The zero-order valence-electron chi connectivity index (χ0n) is 16.9. The van der Waals surface area contributed by atoms with Gasteiger partial charge >= 0.3 is 0 Å². The number of methoxy groups -OCH3 is 1. The van der Waals surface area contributed by atoms with E-state index in [0.29, 0.717) is 23.2 Å². The molecule has 4 rings (SSSR count). The van der Waals surface area contributed by atoms with Crippen molar-refractivity contribution in [2.75, 3.05) is 19.0 Å². The number of fused-ring (bicyclic) bond motifs is 1. The Hall–Kier alpha value is -3.27. The number of thioether (sulfide) groups is 1. The Morgan fingerprint density at radius 1 is 1.18 bits per heavy atom. The summed E-state index contributed by atoms with van der Waals surface area (Å²) in [6.45, 7) is -0.481. The van der Waals surface area contributed by atoms with Crippen LogP contribution in [0, 0.1) is 0 Å². The van der Waals surface area contributed by atoms with Crippen LogP contribution in [-0.4, -0.2) is 35.6 Å². The fraction of sp³-hybridized carbons (Fsp3) is 0.0909. The normalized spacial score (nSPS) is 14.9. The Bertz CT molecular complexity index is 1380. The van der Waals surface area contributed by atoms with E-state index in [9.17, 15) is 19.2 Å². The van der Waals surface area contributed by atoms with Gasteiger partial charge in [0.15, 0.2) is 11.0 Å². The number of amides is 3. The van der Waals surface area contributed by atoms with Gasteiger partial charge in [-0.2, -0.15) is 0 Å². The molecule has 0 unspecified atom stereocenters. The van der Waals surface area contributed by atoms with Crippen molar-refractivity contribution in [1.29, 1.82) is 0 Å². The maximum atomic E-state index is 12.8. The van der Waals surface area contributed by atoms with E-state index in [0.717, 1.165) is 11.2 Å². The number of hydrogen-bond acceptors (Lipinski definition) is 7. The molecule has 2 heterocycles. The molecule has 2 aromatic carbocycles. The molecule has 1 aliphatic rings. The summed E-state index contributed by atoms with van der Waals surface area (Å²) in [6, 6.07) is 9.42. The number of halogens is 2. The fourth-order valence-corrected chi connectivity index (χ4v) is 4.44. The number of nitrogens with zero attached hydrogens (tertiary/aromatic N) is 1. The third-order valence-electron chi connectivity index (χ3n) is 4.65. The first-order valence-electron chi connectivity index (χ1n) is 9.36. The number of ether oxygens (including phenoxy) is 1. The lowest BCUT2D eigenvalue weighted by Crippen LogP contribution is -2.36. The summed E-state index contributed by atoms with van der Waals surface area (Å²) >= 11 is 12.6. The van der Waals surface area contributed by atoms with Gasteiger partial charge in [-0.3, -0.25) is 24.1 Å². The zero-order valence-corrected chi connectivity index (χ0v) is 19.2. The predicted octanol–water partition coefficient (Wildman–Crippen LogP) is 4.78. The van der Waals surface area contributed by atoms with Crippen LogP contribution in [0.25, 0.3) is 17.0 Å². The number of hydrogen-bond donors (Lipinski definition) is 1. The van der Waals surface area contributed by atoms with Gasteiger partial charge in [0, 0.05) is 10.7 Å². The molecule has 0 radical (unpaired) electrons. The standard InChI is InChI=1S/C22H14Cl2N2O6S/c1-31-14-4-2-13(3-5-14)25-18(27)9-26-21(29)17(33-22(26)30)6-11-10-32-20-15(19(11)28)7-12(23)8-16(20)24/h2-8,10H,9H2,1H3,(H,25,27)/b17-6-. The number of imide groups is 1. The number of carbonyl (C=O) groups is 3. The second kappa shape index (κ2) is 9.30. The quantitative estimate of drug-likeness (QED) is 0.498. The molecule has 168 valence electrons. The molecular weight excluding hydrogens is 491 g/mol. The van der Waals surface area contributed by atoms with Crippen LogP contribution >= 0.6 is 35.0 Å². The monoisotopic (exact) mass is 504 g/mol. The molecule has 0 aliphatic carbocycles. The minimum Gasteiger partial charge on any atom is -0.497 e. The summed E-state index contributed by atoms with van der Waals surface area (Å²) in [5, 5.41) is 2.53. The van der Waals surface area contributed by atoms with Crippen molar-refractivity contribution < 1.29 is 23.5 Å². The lowest BCUT2D eigenvalue weighted by Gasteiger charge is -2.12. The van der Waals surface area contributed by atoms with Crippen LogP contribution in [0.2, 0.25) is 10.0 Å². The number of benzene rings is 2. The first-order chi connectivity index (χ1) is 15.8. The van der Waals surface area contributed by atoms with Gasteiger partial charge in [-0.25, -0.2) is 0 Å². The molecule has 1 aliphatic heterocycles. The molecule has 0 bridgehead atoms. The highest BCUT2D eigenvalue weighted by Crippen LogP contribution is 2.32. The van der Waals surface area contributed by atoms with Gasteiger partial charge in [0.05, 0.1) is 28.0 Å². The average molecular weight is 505 g/mol. The van der Waals surface area contributed by atoms with E-state index in [1.807, 2.05) is 0 Å². The summed E-state index contributed by atoms with van der Waals surface area (Å²) in [5.74, 6) is -0.636. The zero-order chi connectivity index (χ0) is 23.7. The lowest BCUT2D eigenvalue weighted by atomic mass is 10.1. The van der Waals surface area contributed by atoms with E-state index in [1.54, 1.807) is 24.3 Å². The SMILES string of the molecule is COc1ccc(NC(=O)CN2C(=O)S/C(=C\c3coc4c(Cl)cc(Cl)cc4c3=O)C2=O)cc1. The topological polar surface area (TPSA) is 106 Å². The van der Waals surface area contributed by atoms with E-state index >= 15 is 0 Å². The Morgan fingerprint density at radius 2 is 1.91 bits per heavy atom. The molecular formula is C22H14Cl2N2O6S. The Balaban J connectivity index is 1.53. The van der Waals surface area contributed by atoms with Crippen molar-refractivity contribution in [3.8, 4) is 5.75 Å². The van der Waals surface area contributed by atoms with Gasteiger partial charge in [0.25, 0.3) is 11.1 Å². The summed E-state index contributed by atoms with van der Waals surface area (Å²) in [7, 11) is 1.52. The second-order valence-electron chi connectivity index (χ2n) is 6.83. The van der Waals surface area contributed by atoms with E-state index in [-0.39, 0.29) is 31.5 Å². The molecule has 1 fully saturated rings. The molecule has 0 saturated carbocycles. The van der Waals surface area contributed by atoms with Gasteiger partial charge in [-0.05, 0) is 54.2 Å². The lowest BCUT2D eigenvalue weighted by molar-refractivity contribution is -0.127. The van der Waals surface area contributed by atoms with Crippen molar-refractivity contribution in [3.05, 3.63) is 73.4 Å². The van der Waals surface area contributed by atoms with Crippen molar-refractivity contribution >= 4 is 74.7 Å². The smallest absolute Gasteiger partial charge is 0.294 e. The Labute approximate surface area is 201 Å². The summed E-state index contributed by atoms with van der Waals surface area (Å²) in [6.07, 6.45) is 2.39. The Morgan fingerprint density at radius 3 is 2.61 bits per heavy atom. The van der Waals surface area contributed by atoms with E-state index in [4.69, 9.17) is 32.4 Å². The molecule has 3 amide bonds. The van der Waals surface area contributed by atoms with Crippen molar-refractivity contribution in [2.24, 2.45) is 0 Å². The van der Waals surface area contributed by atoms with Crippen LogP contribution in [-0.2, 0) is 9.59 Å². The molecule has 0 atom stereocenters. The third kappa shape index (κ3) is 4.75. The number of anilines is 1. The molecule has 0 spiro atoms. The third-order valence-corrected chi connectivity index (χ3v) is 6.06. The van der Waals surface area contributed by atoms with Crippen LogP contribution in [0.5, 0.6) is 5.75 Å². The molecule has 1 saturated heterocycles. The average Bonchev–Trinajstić information content (AvgIpc) is 3.03. The van der Waals surface area contributed by atoms with Crippen molar-refractivity contribution in [3.63, 3.8) is 0 Å². The maximum Gasteiger partial charge on any atom is 0.294 e. The summed E-state index contributed by atoms with van der Waals surface area (Å²) in [5.41, 5.74) is 0.208. The van der Waals surface area contributed by atoms with Crippen molar-refractivity contribution in [2.45, 2.75) is 0 Å². The van der Waals surface area contributed by atoms with Gasteiger partial charge in [0.2, 0.25) is 5.91 Å². The highest BCUT2D eigenvalue weighted by molar-refractivity contribution is 8.18. The molecule has 3 aromatic rings. The first kappa shape index (κ1) is 22.9. The van der Waals surface area contributed by atoms with Crippen LogP contribution in [0.1, 0.15) is 5.56 Å². The molecule has 8 nitrogen and oxygen atoms in total. The van der Waals surface area contributed by atoms with Gasteiger partial charge in [0.1, 0.15) is 18.6 Å². The van der Waals surface area contributed by atoms with E-state index in [1.165, 1.54) is 25.3 Å². The van der Waals surface area contributed by atoms with Gasteiger partial charge in [-0.15, -0.1) is 0 Å². The Kier molecular flexibility index (Phi) is 6.46. The molecule has 11 heteroatoms. The molecule has 33 heavy (non-hydrogen) atoms. The predicted molar refractivity (Wildman–Crippen MR) is 127 cm³/mol. The summed E-state index contributed by atoms with van der Waals surface area (Å²) in [4.78, 5) is 51.0. The van der Waals surface area contributed by atoms with E-state index in [2.05, 4.69) is 5.32 Å². The second-order valence-corrected chi connectivity index (χ2v) is 8.67. The highest BCUT2D eigenvalue weighted by atomic mass is 35.5. The number of carbonyl (C=O) groups excluding carboxylic acids is 3. The largest absolute Gasteiger partial charge is 0.497 e. The van der Waals surface area contributed by atoms with Crippen molar-refractivity contribution in [1.82, 2.24) is 4.90 Å². The molecule has 1 aromatic heterocycles.